The van der Waals surface area contributed by atoms with Gasteiger partial charge in [0.05, 0.1) is 19.8 Å². The van der Waals surface area contributed by atoms with Crippen LogP contribution in [0.3, 0.4) is 0 Å². The summed E-state index contributed by atoms with van der Waals surface area (Å²) >= 11 is 0. The quantitative estimate of drug-likeness (QED) is 0.0310. The molecule has 272 valence electrons. The van der Waals surface area contributed by atoms with Crippen molar-refractivity contribution in [3.63, 3.8) is 0 Å². The minimum atomic E-state index is -4.37. The van der Waals surface area contributed by atoms with Gasteiger partial charge in [0.25, 0.3) is 0 Å². The number of hydrogen-bond donors (Lipinski definition) is 2. The maximum atomic E-state index is 14.2. The second kappa shape index (κ2) is 27.0. The lowest BCUT2D eigenvalue weighted by Crippen LogP contribution is -2.37. The zero-order chi connectivity index (χ0) is 34.0. The first kappa shape index (κ1) is 43.2. The zero-order valence-electron chi connectivity index (χ0n) is 29.8. The van der Waals surface area contributed by atoms with Crippen LogP contribution in [0.5, 0.6) is 0 Å². The number of esters is 1. The van der Waals surface area contributed by atoms with E-state index in [1.165, 1.54) is 51.4 Å². The number of ether oxygens (including phenoxy) is 1. The van der Waals surface area contributed by atoms with Crippen LogP contribution < -0.4 is 0 Å². The molecule has 1 aliphatic heterocycles. The Hall–Kier alpha value is -0.830. The Balaban J connectivity index is 3.03. The second-order valence-corrected chi connectivity index (χ2v) is 15.0. The van der Waals surface area contributed by atoms with E-state index in [0.717, 1.165) is 89.9 Å². The smallest absolute Gasteiger partial charge is 0.449 e. The van der Waals surface area contributed by atoms with Gasteiger partial charge in [-0.1, -0.05) is 143 Å². The fraction of sp³-hybridized carbons (Fsp3) is 0.944. The van der Waals surface area contributed by atoms with Crippen LogP contribution in [-0.2, 0) is 32.5 Å². The topological polar surface area (TPSA) is 129 Å². The van der Waals surface area contributed by atoms with Crippen LogP contribution in [0.15, 0.2) is 0 Å². The molecule has 1 rings (SSSR count). The number of carbonyl (C=O) groups is 2. The monoisotopic (exact) mass is 676 g/mol. The third kappa shape index (κ3) is 18.6. The van der Waals surface area contributed by atoms with Gasteiger partial charge in [-0.2, -0.15) is 0 Å². The van der Waals surface area contributed by atoms with Crippen molar-refractivity contribution in [1.29, 1.82) is 0 Å². The summed E-state index contributed by atoms with van der Waals surface area (Å²) < 4.78 is 36.8. The Kier molecular flexibility index (Phi) is 25.4. The number of aliphatic hydroxyl groups excluding tert-OH is 2. The van der Waals surface area contributed by atoms with Crippen molar-refractivity contribution < 1.29 is 42.7 Å². The molecule has 1 aliphatic rings. The molecule has 0 spiro atoms. The van der Waals surface area contributed by atoms with Crippen molar-refractivity contribution in [2.45, 2.75) is 187 Å². The van der Waals surface area contributed by atoms with Gasteiger partial charge >= 0.3 is 13.8 Å². The van der Waals surface area contributed by atoms with E-state index in [0.29, 0.717) is 0 Å². The first-order chi connectivity index (χ1) is 22.2. The van der Waals surface area contributed by atoms with E-state index in [9.17, 15) is 24.4 Å². The van der Waals surface area contributed by atoms with Gasteiger partial charge in [-0.15, -0.1) is 0 Å². The Labute approximate surface area is 280 Å². The van der Waals surface area contributed by atoms with Gasteiger partial charge in [0.2, 0.25) is 11.9 Å². The first-order valence-corrected chi connectivity index (χ1v) is 20.3. The molecule has 46 heavy (non-hydrogen) atoms. The lowest BCUT2D eigenvalue weighted by Gasteiger charge is -2.25. The highest BCUT2D eigenvalue weighted by Crippen LogP contribution is 2.53. The molecule has 0 amide bonds. The average Bonchev–Trinajstić information content (AvgIpc) is 3.33. The lowest BCUT2D eigenvalue weighted by atomic mass is 9.95. The predicted molar refractivity (Wildman–Crippen MR) is 184 cm³/mol. The Morgan fingerprint density at radius 1 is 0.652 bits per heavy atom. The average molecular weight is 677 g/mol. The van der Waals surface area contributed by atoms with Crippen LogP contribution in [-0.4, -0.2) is 60.1 Å². The summed E-state index contributed by atoms with van der Waals surface area (Å²) in [6.07, 6.45) is 19.4. The zero-order valence-corrected chi connectivity index (χ0v) is 30.7. The van der Waals surface area contributed by atoms with Crippen LogP contribution in [0.1, 0.15) is 169 Å². The highest BCUT2D eigenvalue weighted by atomic mass is 31.2. The number of aliphatic hydroxyl groups is 2. The van der Waals surface area contributed by atoms with Crippen LogP contribution in [0, 0.1) is 11.8 Å². The van der Waals surface area contributed by atoms with Gasteiger partial charge in [-0.3, -0.25) is 18.4 Å². The van der Waals surface area contributed by atoms with E-state index in [2.05, 4.69) is 27.7 Å². The molecule has 0 aromatic rings. The number of carbonyl (C=O) groups excluding carboxylic acids is 2. The van der Waals surface area contributed by atoms with Gasteiger partial charge in [-0.25, -0.2) is 9.36 Å². The summed E-state index contributed by atoms with van der Waals surface area (Å²) in [5.41, 5.74) is 0. The van der Waals surface area contributed by atoms with Crippen molar-refractivity contribution in [3.8, 4) is 0 Å². The van der Waals surface area contributed by atoms with Crippen molar-refractivity contribution in [1.82, 2.24) is 0 Å². The van der Waals surface area contributed by atoms with Crippen LogP contribution in [0.4, 0.5) is 0 Å². The fourth-order valence-corrected chi connectivity index (χ4v) is 7.44. The van der Waals surface area contributed by atoms with Gasteiger partial charge < -0.3 is 14.9 Å². The lowest BCUT2D eigenvalue weighted by molar-refractivity contribution is -0.151. The standard InChI is InChI=1S/C36H69O9P/c1-5-9-13-15-17-21-25-30(23-19-11-7-3)28-42-46(41,45-35-33(39)34(32(38)27-37)44-36(35)40)43-29-31(24-20-12-8-4)26-22-18-16-14-10-6-2/h30-32,34-35,37-38H,5-29H2,1-4H3/t30?,31?,32?,34-,35?,46?/m1/s1. The maximum absolute atomic E-state index is 14.2. The molecule has 0 saturated carbocycles. The van der Waals surface area contributed by atoms with Crippen LogP contribution in [0.25, 0.3) is 0 Å². The molecule has 1 fully saturated rings. The van der Waals surface area contributed by atoms with Gasteiger partial charge in [0, 0.05) is 0 Å². The molecule has 0 aliphatic carbocycles. The Bertz CT molecular complexity index is 785. The molecule has 1 saturated heterocycles. The molecule has 9 nitrogen and oxygen atoms in total. The normalized spacial score (nSPS) is 20.0. The Morgan fingerprint density at radius 2 is 1.02 bits per heavy atom. The number of rotatable bonds is 32. The molecule has 2 N–H and O–H groups in total. The highest BCUT2D eigenvalue weighted by Gasteiger charge is 2.51. The number of unbranched alkanes of at least 4 members (excludes halogenated alkanes) is 14. The van der Waals surface area contributed by atoms with E-state index < -0.39 is 44.5 Å². The van der Waals surface area contributed by atoms with Crippen LogP contribution >= 0.6 is 7.82 Å². The maximum Gasteiger partial charge on any atom is 0.476 e. The predicted octanol–water partition coefficient (Wildman–Crippen LogP) is 9.25. The molecule has 0 bridgehead atoms. The Morgan fingerprint density at radius 3 is 1.43 bits per heavy atom. The van der Waals surface area contributed by atoms with E-state index >= 15 is 0 Å². The molecule has 10 heteroatoms. The molecule has 5 atom stereocenters. The molecule has 0 aromatic heterocycles. The highest BCUT2D eigenvalue weighted by molar-refractivity contribution is 7.48. The number of Topliss-reactive ketones (excluding diaryl/α,β-unsaturated/α-hetero) is 1. The number of cyclic esters (lactones) is 1. The van der Waals surface area contributed by atoms with Crippen molar-refractivity contribution >= 4 is 19.6 Å². The van der Waals surface area contributed by atoms with Gasteiger partial charge in [0.15, 0.2) is 6.10 Å². The summed E-state index contributed by atoms with van der Waals surface area (Å²) in [4.78, 5) is 25.6. The number of phosphoric acid groups is 1. The summed E-state index contributed by atoms with van der Waals surface area (Å²) in [6.45, 7) is 8.26. The van der Waals surface area contributed by atoms with E-state index in [-0.39, 0.29) is 25.0 Å². The third-order valence-electron chi connectivity index (χ3n) is 9.07. The summed E-state index contributed by atoms with van der Waals surface area (Å²) in [5.74, 6) is -1.65. The minimum Gasteiger partial charge on any atom is -0.449 e. The van der Waals surface area contributed by atoms with Crippen molar-refractivity contribution in [3.05, 3.63) is 0 Å². The SMILES string of the molecule is CCCCCCCCC(CCCCC)COP(=O)(OCC(CCCCC)CCCCCCCC)OC1C(=O)O[C@H](C(O)CO)C1=O. The van der Waals surface area contributed by atoms with Crippen molar-refractivity contribution in [2.75, 3.05) is 19.8 Å². The summed E-state index contributed by atoms with van der Waals surface area (Å²) in [7, 11) is -4.37. The van der Waals surface area contributed by atoms with Crippen molar-refractivity contribution in [2.24, 2.45) is 11.8 Å². The van der Waals surface area contributed by atoms with Crippen LogP contribution in [0.2, 0.25) is 0 Å². The molecular formula is C36H69O9P. The molecule has 4 unspecified atom stereocenters. The van der Waals surface area contributed by atoms with E-state index in [4.69, 9.17) is 18.3 Å². The third-order valence-corrected chi connectivity index (χ3v) is 10.5. The molecular weight excluding hydrogens is 607 g/mol. The fourth-order valence-electron chi connectivity index (χ4n) is 6.00. The number of hydrogen-bond acceptors (Lipinski definition) is 9. The van der Waals surface area contributed by atoms with E-state index in [1.54, 1.807) is 0 Å². The molecule has 0 aromatic carbocycles. The summed E-state index contributed by atoms with van der Waals surface area (Å²) in [6, 6.07) is 0. The first-order valence-electron chi connectivity index (χ1n) is 18.9. The van der Waals surface area contributed by atoms with Gasteiger partial charge in [-0.05, 0) is 37.5 Å². The number of ketones is 1. The largest absolute Gasteiger partial charge is 0.476 e. The van der Waals surface area contributed by atoms with Gasteiger partial charge in [0.1, 0.15) is 6.10 Å². The second-order valence-electron chi connectivity index (χ2n) is 13.4. The van der Waals surface area contributed by atoms with E-state index in [1.807, 2.05) is 0 Å². The summed E-state index contributed by atoms with van der Waals surface area (Å²) in [5, 5.41) is 19.3. The molecule has 1 heterocycles. The minimum absolute atomic E-state index is 0.145. The number of phosphoric ester groups is 1. The molecule has 0 radical (unpaired) electrons.